The molecule has 0 saturated heterocycles. The maximum Gasteiger partial charge on any atom is 0.0593 e. The van der Waals surface area contributed by atoms with Crippen LogP contribution < -0.4 is 5.32 Å². The highest BCUT2D eigenvalue weighted by Crippen LogP contribution is 2.28. The monoisotopic (exact) mass is 256 g/mol. The molecule has 3 nitrogen and oxygen atoms in total. The maximum atomic E-state index is 5.72. The normalized spacial score (nSPS) is 17.7. The molecule has 1 rings (SSSR count). The molecule has 0 amide bonds. The van der Waals surface area contributed by atoms with Gasteiger partial charge in [0.2, 0.25) is 0 Å². The van der Waals surface area contributed by atoms with E-state index < -0.39 is 0 Å². The van der Waals surface area contributed by atoms with E-state index in [2.05, 4.69) is 38.0 Å². The predicted molar refractivity (Wildman–Crippen MR) is 78.0 cm³/mol. The molecule has 1 aliphatic rings. The molecule has 0 radical (unpaired) electrons. The SMILES string of the molecule is CCCC(CNC(C)C)N(C)CCOCC1CC1. The van der Waals surface area contributed by atoms with Gasteiger partial charge in [0, 0.05) is 31.8 Å². The summed E-state index contributed by atoms with van der Waals surface area (Å²) >= 11 is 0. The molecular weight excluding hydrogens is 224 g/mol. The molecule has 0 aliphatic heterocycles. The Morgan fingerprint density at radius 1 is 1.33 bits per heavy atom. The van der Waals surface area contributed by atoms with Crippen molar-refractivity contribution in [3.63, 3.8) is 0 Å². The Balaban J connectivity index is 2.12. The van der Waals surface area contributed by atoms with Gasteiger partial charge in [0.05, 0.1) is 6.61 Å². The van der Waals surface area contributed by atoms with E-state index in [0.717, 1.165) is 32.2 Å². The standard InChI is InChI=1S/C15H32N2O/c1-5-6-15(11-16-13(2)3)17(4)9-10-18-12-14-7-8-14/h13-16H,5-12H2,1-4H3. The number of nitrogens with one attached hydrogen (secondary N) is 1. The summed E-state index contributed by atoms with van der Waals surface area (Å²) in [6.45, 7) is 10.7. The van der Waals surface area contributed by atoms with Gasteiger partial charge < -0.3 is 10.1 Å². The number of ether oxygens (including phenoxy) is 1. The topological polar surface area (TPSA) is 24.5 Å². The first-order valence-electron chi connectivity index (χ1n) is 7.64. The Kier molecular flexibility index (Phi) is 7.87. The molecule has 0 aromatic rings. The summed E-state index contributed by atoms with van der Waals surface area (Å²) in [4.78, 5) is 2.45. The van der Waals surface area contributed by atoms with Crippen LogP contribution in [0.15, 0.2) is 0 Å². The van der Waals surface area contributed by atoms with Gasteiger partial charge in [-0.05, 0) is 32.2 Å². The van der Waals surface area contributed by atoms with E-state index in [1.165, 1.54) is 25.7 Å². The molecule has 1 atom stereocenters. The Morgan fingerprint density at radius 2 is 2.06 bits per heavy atom. The first-order chi connectivity index (χ1) is 8.63. The second-order valence-electron chi connectivity index (χ2n) is 6.00. The van der Waals surface area contributed by atoms with E-state index in [-0.39, 0.29) is 0 Å². The fraction of sp³-hybridized carbons (Fsp3) is 1.00. The highest BCUT2D eigenvalue weighted by atomic mass is 16.5. The van der Waals surface area contributed by atoms with Crippen LogP contribution in [-0.4, -0.2) is 50.3 Å². The van der Waals surface area contributed by atoms with Crippen LogP contribution in [0.5, 0.6) is 0 Å². The number of hydrogen-bond acceptors (Lipinski definition) is 3. The molecule has 1 N–H and O–H groups in total. The Morgan fingerprint density at radius 3 is 2.61 bits per heavy atom. The highest BCUT2D eigenvalue weighted by Gasteiger charge is 2.21. The molecule has 0 spiro atoms. The van der Waals surface area contributed by atoms with Gasteiger partial charge >= 0.3 is 0 Å². The van der Waals surface area contributed by atoms with Crippen molar-refractivity contribution in [2.24, 2.45) is 5.92 Å². The van der Waals surface area contributed by atoms with Gasteiger partial charge in [0.1, 0.15) is 0 Å². The summed E-state index contributed by atoms with van der Waals surface area (Å²) in [5, 5.41) is 3.55. The third-order valence-corrected chi connectivity index (χ3v) is 3.65. The van der Waals surface area contributed by atoms with Crippen molar-refractivity contribution in [2.75, 3.05) is 33.4 Å². The zero-order valence-corrected chi connectivity index (χ0v) is 12.7. The molecular formula is C15H32N2O. The van der Waals surface area contributed by atoms with Crippen molar-refractivity contribution in [3.8, 4) is 0 Å². The van der Waals surface area contributed by atoms with Crippen molar-refractivity contribution in [2.45, 2.75) is 58.5 Å². The molecule has 0 heterocycles. The minimum atomic E-state index is 0.573. The summed E-state index contributed by atoms with van der Waals surface area (Å²) in [6, 6.07) is 1.21. The van der Waals surface area contributed by atoms with Crippen LogP contribution in [-0.2, 0) is 4.74 Å². The average Bonchev–Trinajstić information content (AvgIpc) is 3.13. The lowest BCUT2D eigenvalue weighted by Gasteiger charge is -2.29. The van der Waals surface area contributed by atoms with Gasteiger partial charge in [0.15, 0.2) is 0 Å². The molecule has 0 aromatic carbocycles. The highest BCUT2D eigenvalue weighted by molar-refractivity contribution is 4.74. The second-order valence-corrected chi connectivity index (χ2v) is 6.00. The quantitative estimate of drug-likeness (QED) is 0.575. The fourth-order valence-corrected chi connectivity index (χ4v) is 2.11. The van der Waals surface area contributed by atoms with Crippen molar-refractivity contribution < 1.29 is 4.74 Å². The van der Waals surface area contributed by atoms with Crippen LogP contribution in [0.2, 0.25) is 0 Å². The molecule has 0 aromatic heterocycles. The molecule has 108 valence electrons. The van der Waals surface area contributed by atoms with Gasteiger partial charge in [-0.1, -0.05) is 27.2 Å². The minimum Gasteiger partial charge on any atom is -0.380 e. The number of rotatable bonds is 11. The van der Waals surface area contributed by atoms with Gasteiger partial charge in [0.25, 0.3) is 0 Å². The molecule has 1 fully saturated rings. The van der Waals surface area contributed by atoms with E-state index in [0.29, 0.717) is 12.1 Å². The molecule has 1 aliphatic carbocycles. The van der Waals surface area contributed by atoms with Crippen molar-refractivity contribution >= 4 is 0 Å². The van der Waals surface area contributed by atoms with E-state index in [4.69, 9.17) is 4.74 Å². The van der Waals surface area contributed by atoms with Gasteiger partial charge in [-0.15, -0.1) is 0 Å². The Hall–Kier alpha value is -0.120. The van der Waals surface area contributed by atoms with Crippen LogP contribution in [0.3, 0.4) is 0 Å². The van der Waals surface area contributed by atoms with Crippen LogP contribution in [0.4, 0.5) is 0 Å². The summed E-state index contributed by atoms with van der Waals surface area (Å²) in [6.07, 6.45) is 5.27. The number of likely N-dealkylation sites (N-methyl/N-ethyl adjacent to an activating group) is 1. The fourth-order valence-electron chi connectivity index (χ4n) is 2.11. The van der Waals surface area contributed by atoms with Crippen LogP contribution in [0.25, 0.3) is 0 Å². The lowest BCUT2D eigenvalue weighted by Crippen LogP contribution is -2.43. The summed E-state index contributed by atoms with van der Waals surface area (Å²) in [7, 11) is 2.23. The van der Waals surface area contributed by atoms with Crippen LogP contribution >= 0.6 is 0 Å². The first-order valence-corrected chi connectivity index (χ1v) is 7.64. The lowest BCUT2D eigenvalue weighted by molar-refractivity contribution is 0.0889. The number of hydrogen-bond donors (Lipinski definition) is 1. The average molecular weight is 256 g/mol. The zero-order chi connectivity index (χ0) is 13.4. The van der Waals surface area contributed by atoms with Crippen LogP contribution in [0.1, 0.15) is 46.5 Å². The third kappa shape index (κ3) is 7.34. The summed E-state index contributed by atoms with van der Waals surface area (Å²) < 4.78 is 5.72. The Bertz CT molecular complexity index is 205. The maximum absolute atomic E-state index is 5.72. The largest absolute Gasteiger partial charge is 0.380 e. The Labute approximate surface area is 113 Å². The molecule has 1 unspecified atom stereocenters. The second kappa shape index (κ2) is 8.89. The lowest BCUT2D eigenvalue weighted by atomic mass is 10.1. The van der Waals surface area contributed by atoms with Crippen molar-refractivity contribution in [3.05, 3.63) is 0 Å². The van der Waals surface area contributed by atoms with Gasteiger partial charge in [-0.25, -0.2) is 0 Å². The number of nitrogens with zero attached hydrogens (tertiary/aromatic N) is 1. The smallest absolute Gasteiger partial charge is 0.0593 e. The molecule has 18 heavy (non-hydrogen) atoms. The van der Waals surface area contributed by atoms with E-state index in [1.807, 2.05) is 0 Å². The van der Waals surface area contributed by atoms with Gasteiger partial charge in [-0.3, -0.25) is 4.90 Å². The first kappa shape index (κ1) is 15.9. The van der Waals surface area contributed by atoms with E-state index in [9.17, 15) is 0 Å². The predicted octanol–water partition coefficient (Wildman–Crippen LogP) is 2.51. The molecule has 0 bridgehead atoms. The minimum absolute atomic E-state index is 0.573. The molecule has 1 saturated carbocycles. The van der Waals surface area contributed by atoms with Crippen LogP contribution in [0, 0.1) is 5.92 Å². The van der Waals surface area contributed by atoms with E-state index >= 15 is 0 Å². The third-order valence-electron chi connectivity index (χ3n) is 3.65. The summed E-state index contributed by atoms with van der Waals surface area (Å²) in [5.74, 6) is 0.879. The summed E-state index contributed by atoms with van der Waals surface area (Å²) in [5.41, 5.74) is 0. The molecule has 3 heteroatoms. The van der Waals surface area contributed by atoms with E-state index in [1.54, 1.807) is 0 Å². The van der Waals surface area contributed by atoms with Gasteiger partial charge in [-0.2, -0.15) is 0 Å². The van der Waals surface area contributed by atoms with Crippen molar-refractivity contribution in [1.29, 1.82) is 0 Å². The van der Waals surface area contributed by atoms with Crippen molar-refractivity contribution in [1.82, 2.24) is 10.2 Å². The zero-order valence-electron chi connectivity index (χ0n) is 12.7.